The number of aryl methyl sites for hydroxylation is 2. The van der Waals surface area contributed by atoms with Gasteiger partial charge in [-0.1, -0.05) is 26.0 Å². The number of aldehydes is 2. The van der Waals surface area contributed by atoms with Gasteiger partial charge in [0.05, 0.1) is 42.3 Å². The number of nitrogens with zero attached hydrogens (tertiary/aromatic N) is 5. The van der Waals surface area contributed by atoms with Crippen molar-refractivity contribution in [1.82, 2.24) is 29.9 Å². The van der Waals surface area contributed by atoms with Crippen LogP contribution in [-0.2, 0) is 20.3 Å². The molecule has 0 aliphatic carbocycles. The molecule has 0 aliphatic rings. The Bertz CT molecular complexity index is 1860. The normalized spacial score (nSPS) is 10.3. The number of ether oxygens (including phenoxy) is 3. The fourth-order valence-corrected chi connectivity index (χ4v) is 4.24. The number of methoxy groups -OCH3 is 1. The number of carbonyl (C=O) groups excluding carboxylic acids is 2. The third-order valence-corrected chi connectivity index (χ3v) is 6.45. The molecule has 226 valence electrons. The van der Waals surface area contributed by atoms with Crippen LogP contribution in [0.2, 0.25) is 0 Å². The van der Waals surface area contributed by atoms with Crippen LogP contribution in [0.5, 0.6) is 17.4 Å². The number of fused-ring (bicyclic) bond motifs is 2. The maximum Gasteiger partial charge on any atom is 0.213 e. The van der Waals surface area contributed by atoms with Crippen molar-refractivity contribution < 1.29 is 23.8 Å². The molecule has 0 bridgehead atoms. The number of carbonyl (C=O) groups is 2. The molecule has 0 radical (unpaired) electrons. The Kier molecular flexibility index (Phi) is 10.7. The summed E-state index contributed by atoms with van der Waals surface area (Å²) in [6.07, 6.45) is 6.50. The SMILES string of the molecule is CC.COc1cc(C=O)c(OCc2ccc3[nH]ncc3c2)cn1.Cc1ccc(OCc2ccc3c(cnn3C)c2)c(C=O)n1. The summed E-state index contributed by atoms with van der Waals surface area (Å²) in [5, 5.41) is 13.2. The minimum atomic E-state index is 0.331. The van der Waals surface area contributed by atoms with E-state index in [0.717, 1.165) is 44.9 Å². The molecular weight excluding hydrogens is 560 g/mol. The molecule has 11 heteroatoms. The molecule has 1 N–H and O–H groups in total. The Balaban J connectivity index is 0.000000190. The molecule has 0 fully saturated rings. The van der Waals surface area contributed by atoms with Crippen LogP contribution >= 0.6 is 0 Å². The summed E-state index contributed by atoms with van der Waals surface area (Å²) in [7, 11) is 3.41. The van der Waals surface area contributed by atoms with Crippen LogP contribution in [0.4, 0.5) is 0 Å². The number of rotatable bonds is 9. The quantitative estimate of drug-likeness (QED) is 0.198. The molecule has 0 saturated carbocycles. The molecule has 4 aromatic heterocycles. The summed E-state index contributed by atoms with van der Waals surface area (Å²) in [5.41, 5.74) is 5.58. The lowest BCUT2D eigenvalue weighted by Gasteiger charge is -2.09. The molecule has 11 nitrogen and oxygen atoms in total. The predicted molar refractivity (Wildman–Crippen MR) is 167 cm³/mol. The second kappa shape index (κ2) is 15.1. The molecule has 0 spiro atoms. The summed E-state index contributed by atoms with van der Waals surface area (Å²) in [5.74, 6) is 1.31. The minimum absolute atomic E-state index is 0.331. The van der Waals surface area contributed by atoms with E-state index >= 15 is 0 Å². The van der Waals surface area contributed by atoms with Gasteiger partial charge >= 0.3 is 0 Å². The Morgan fingerprint density at radius 2 is 1.57 bits per heavy atom. The van der Waals surface area contributed by atoms with Crippen molar-refractivity contribution in [1.29, 1.82) is 0 Å². The molecule has 2 aromatic carbocycles. The first-order chi connectivity index (χ1) is 21.5. The highest BCUT2D eigenvalue weighted by Crippen LogP contribution is 2.22. The fraction of sp³-hybridized carbons (Fsp3) is 0.212. The topological polar surface area (TPSA) is 134 Å². The van der Waals surface area contributed by atoms with Crippen molar-refractivity contribution in [3.63, 3.8) is 0 Å². The first-order valence-electron chi connectivity index (χ1n) is 14.0. The molecule has 0 amide bonds. The second-order valence-corrected chi connectivity index (χ2v) is 9.37. The fourth-order valence-electron chi connectivity index (χ4n) is 4.24. The Morgan fingerprint density at radius 1 is 0.841 bits per heavy atom. The van der Waals surface area contributed by atoms with Crippen molar-refractivity contribution in [2.45, 2.75) is 34.0 Å². The summed E-state index contributed by atoms with van der Waals surface area (Å²) >= 11 is 0. The largest absolute Gasteiger partial charge is 0.487 e. The van der Waals surface area contributed by atoms with Crippen LogP contribution in [-0.4, -0.2) is 49.6 Å². The summed E-state index contributed by atoms with van der Waals surface area (Å²) < 4.78 is 18.2. The molecule has 0 aliphatic heterocycles. The van der Waals surface area contributed by atoms with Crippen molar-refractivity contribution in [2.24, 2.45) is 7.05 Å². The van der Waals surface area contributed by atoms with Gasteiger partial charge in [-0.15, -0.1) is 0 Å². The molecule has 6 aromatic rings. The zero-order valence-electron chi connectivity index (χ0n) is 25.3. The van der Waals surface area contributed by atoms with Crippen molar-refractivity contribution in [3.8, 4) is 17.4 Å². The number of pyridine rings is 2. The van der Waals surface area contributed by atoms with E-state index in [9.17, 15) is 9.59 Å². The van der Waals surface area contributed by atoms with E-state index in [1.165, 1.54) is 13.3 Å². The van der Waals surface area contributed by atoms with E-state index in [2.05, 4.69) is 25.3 Å². The van der Waals surface area contributed by atoms with Gasteiger partial charge in [-0.25, -0.2) is 9.97 Å². The van der Waals surface area contributed by atoms with E-state index in [1.54, 1.807) is 18.3 Å². The maximum atomic E-state index is 11.1. The van der Waals surface area contributed by atoms with Gasteiger partial charge in [-0.3, -0.25) is 19.4 Å². The average molecular weight is 595 g/mol. The maximum absolute atomic E-state index is 11.1. The summed E-state index contributed by atoms with van der Waals surface area (Å²) in [6, 6.07) is 17.0. The Labute approximate surface area is 254 Å². The van der Waals surface area contributed by atoms with Crippen LogP contribution in [0.25, 0.3) is 21.8 Å². The molecular formula is C33H34N6O5. The Hall–Kier alpha value is -5.58. The molecule has 0 unspecified atom stereocenters. The number of aromatic amines is 1. The highest BCUT2D eigenvalue weighted by Gasteiger charge is 2.08. The van der Waals surface area contributed by atoms with Gasteiger partial charge in [-0.05, 0) is 54.4 Å². The molecule has 6 rings (SSSR count). The first-order valence-corrected chi connectivity index (χ1v) is 14.0. The average Bonchev–Trinajstić information content (AvgIpc) is 3.70. The number of benzene rings is 2. The van der Waals surface area contributed by atoms with Gasteiger partial charge in [0, 0.05) is 29.6 Å². The molecule has 0 atom stereocenters. The number of H-pyrrole nitrogens is 1. The third-order valence-electron chi connectivity index (χ3n) is 6.45. The van der Waals surface area contributed by atoms with Crippen molar-refractivity contribution in [3.05, 3.63) is 101 Å². The number of hydrogen-bond acceptors (Lipinski definition) is 9. The van der Waals surface area contributed by atoms with Crippen LogP contribution in [0.15, 0.2) is 73.2 Å². The molecule has 44 heavy (non-hydrogen) atoms. The van der Waals surface area contributed by atoms with E-state index in [0.29, 0.717) is 48.1 Å². The number of hydrogen-bond donors (Lipinski definition) is 1. The highest BCUT2D eigenvalue weighted by molar-refractivity contribution is 5.80. The minimum Gasteiger partial charge on any atom is -0.487 e. The summed E-state index contributed by atoms with van der Waals surface area (Å²) in [4.78, 5) is 30.3. The van der Waals surface area contributed by atoms with Crippen LogP contribution in [0, 0.1) is 6.92 Å². The van der Waals surface area contributed by atoms with E-state index in [-0.39, 0.29) is 0 Å². The standard InChI is InChI=1S/C16H15N3O2.C15H13N3O3.C2H6/c1-11-3-6-16(14(9-20)18-11)21-10-12-4-5-15-13(7-12)8-17-19(15)2;1-20-15-5-12(8-19)14(7-16-15)21-9-10-2-3-13-11(4-10)6-17-18-13;1-2/h3-9H,10H2,1-2H3;2-8H,9H2,1H3,(H,17,18);1-2H3. The first kappa shape index (κ1) is 31.4. The smallest absolute Gasteiger partial charge is 0.213 e. The molecule has 0 saturated heterocycles. The second-order valence-electron chi connectivity index (χ2n) is 9.37. The highest BCUT2D eigenvalue weighted by atomic mass is 16.5. The van der Waals surface area contributed by atoms with Gasteiger partial charge < -0.3 is 14.2 Å². The van der Waals surface area contributed by atoms with E-state index in [1.807, 2.05) is 81.2 Å². The summed E-state index contributed by atoms with van der Waals surface area (Å²) in [6.45, 7) is 6.57. The Morgan fingerprint density at radius 3 is 2.30 bits per heavy atom. The van der Waals surface area contributed by atoms with Crippen molar-refractivity contribution >= 4 is 34.4 Å². The van der Waals surface area contributed by atoms with Gasteiger partial charge in [0.1, 0.15) is 30.4 Å². The van der Waals surface area contributed by atoms with Gasteiger partial charge in [0.2, 0.25) is 5.88 Å². The number of nitrogens with one attached hydrogen (secondary N) is 1. The lowest BCUT2D eigenvalue weighted by atomic mass is 10.2. The van der Waals surface area contributed by atoms with Gasteiger partial charge in [-0.2, -0.15) is 10.2 Å². The predicted octanol–water partition coefficient (Wildman–Crippen LogP) is 6.05. The lowest BCUT2D eigenvalue weighted by Crippen LogP contribution is -2.01. The van der Waals surface area contributed by atoms with Crippen LogP contribution in [0.1, 0.15) is 51.5 Å². The zero-order valence-corrected chi connectivity index (χ0v) is 25.3. The van der Waals surface area contributed by atoms with E-state index < -0.39 is 0 Å². The van der Waals surface area contributed by atoms with Crippen LogP contribution < -0.4 is 14.2 Å². The van der Waals surface area contributed by atoms with Crippen molar-refractivity contribution in [2.75, 3.05) is 7.11 Å². The monoisotopic (exact) mass is 594 g/mol. The van der Waals surface area contributed by atoms with Crippen LogP contribution in [0.3, 0.4) is 0 Å². The zero-order chi connectivity index (χ0) is 31.5. The molecule has 4 heterocycles. The lowest BCUT2D eigenvalue weighted by molar-refractivity contribution is 0.110. The van der Waals surface area contributed by atoms with Gasteiger partial charge in [0.15, 0.2) is 12.6 Å². The third kappa shape index (κ3) is 7.62. The van der Waals surface area contributed by atoms with Gasteiger partial charge in [0.25, 0.3) is 0 Å². The van der Waals surface area contributed by atoms with E-state index in [4.69, 9.17) is 14.2 Å². The number of aromatic nitrogens is 6.